The van der Waals surface area contributed by atoms with Crippen molar-refractivity contribution in [2.75, 3.05) is 33.4 Å². The van der Waals surface area contributed by atoms with Crippen LogP contribution in [0.3, 0.4) is 0 Å². The topological polar surface area (TPSA) is 94.2 Å². The Morgan fingerprint density at radius 2 is 1.76 bits per heavy atom. The number of carbonyl (C=O) groups is 3. The minimum atomic E-state index is -0.685. The van der Waals surface area contributed by atoms with E-state index in [-0.39, 0.29) is 25.1 Å². The Bertz CT molecular complexity index is 1020. The summed E-state index contributed by atoms with van der Waals surface area (Å²) >= 11 is 0. The van der Waals surface area contributed by atoms with Gasteiger partial charge < -0.3 is 24.4 Å². The molecule has 182 valence electrons. The van der Waals surface area contributed by atoms with Crippen molar-refractivity contribution < 1.29 is 28.6 Å². The lowest BCUT2D eigenvalue weighted by Crippen LogP contribution is -2.37. The molecule has 2 amide bonds. The normalized spacial score (nSPS) is 14.5. The largest absolute Gasteiger partial charge is 0.490 e. The first kappa shape index (κ1) is 25.1. The number of fused-ring (bicyclic) bond motifs is 1. The standard InChI is InChI=1S/C26H32N2O6/c1-4-32-22-14-13-19(15-23(22)33-5-2)26(31)27-16-25(30)34-17-24(29)28(3)21-12-8-10-18-9-6-7-11-20(18)21/h6-7,9,11,13-15,21H,4-5,8,10,12,16-17H2,1-3H3,(H,27,31). The maximum atomic E-state index is 12.6. The number of nitrogens with one attached hydrogen (secondary N) is 1. The molecule has 0 spiro atoms. The van der Waals surface area contributed by atoms with E-state index in [2.05, 4.69) is 11.4 Å². The molecule has 8 nitrogen and oxygen atoms in total. The molecule has 3 rings (SSSR count). The molecule has 0 saturated heterocycles. The summed E-state index contributed by atoms with van der Waals surface area (Å²) in [6.45, 7) is 3.87. The van der Waals surface area contributed by atoms with Gasteiger partial charge in [-0.3, -0.25) is 14.4 Å². The van der Waals surface area contributed by atoms with Gasteiger partial charge in [0.1, 0.15) is 6.54 Å². The predicted molar refractivity (Wildman–Crippen MR) is 127 cm³/mol. The van der Waals surface area contributed by atoms with E-state index in [0.29, 0.717) is 30.3 Å². The van der Waals surface area contributed by atoms with Crippen LogP contribution in [0.1, 0.15) is 54.2 Å². The van der Waals surface area contributed by atoms with Crippen molar-refractivity contribution in [3.05, 3.63) is 59.2 Å². The van der Waals surface area contributed by atoms with Crippen molar-refractivity contribution in [3.8, 4) is 11.5 Å². The highest BCUT2D eigenvalue weighted by molar-refractivity contribution is 5.96. The summed E-state index contributed by atoms with van der Waals surface area (Å²) in [5.74, 6) is -0.423. The zero-order valence-corrected chi connectivity index (χ0v) is 20.0. The van der Waals surface area contributed by atoms with Crippen LogP contribution in [0, 0.1) is 0 Å². The molecule has 2 aromatic carbocycles. The molecular weight excluding hydrogens is 436 g/mol. The van der Waals surface area contributed by atoms with Gasteiger partial charge in [-0.05, 0) is 62.4 Å². The lowest BCUT2D eigenvalue weighted by atomic mass is 9.87. The number of amides is 2. The van der Waals surface area contributed by atoms with Crippen LogP contribution < -0.4 is 14.8 Å². The van der Waals surface area contributed by atoms with Crippen LogP contribution in [-0.4, -0.2) is 56.1 Å². The molecule has 8 heteroatoms. The molecule has 1 unspecified atom stereocenters. The van der Waals surface area contributed by atoms with Crippen molar-refractivity contribution >= 4 is 17.8 Å². The quantitative estimate of drug-likeness (QED) is 0.538. The molecule has 1 atom stereocenters. The van der Waals surface area contributed by atoms with Crippen molar-refractivity contribution in [2.45, 2.75) is 39.2 Å². The van der Waals surface area contributed by atoms with Gasteiger partial charge in [0, 0.05) is 12.6 Å². The van der Waals surface area contributed by atoms with E-state index in [1.165, 1.54) is 5.56 Å². The number of rotatable bonds is 10. The Morgan fingerprint density at radius 3 is 2.53 bits per heavy atom. The molecule has 0 fully saturated rings. The zero-order chi connectivity index (χ0) is 24.5. The van der Waals surface area contributed by atoms with Gasteiger partial charge in [-0.25, -0.2) is 0 Å². The Kier molecular flexibility index (Phi) is 8.90. The summed E-state index contributed by atoms with van der Waals surface area (Å²) in [4.78, 5) is 38.9. The van der Waals surface area contributed by atoms with Crippen molar-refractivity contribution in [1.29, 1.82) is 0 Å². The van der Waals surface area contributed by atoms with Gasteiger partial charge in [0.15, 0.2) is 18.1 Å². The van der Waals surface area contributed by atoms with E-state index in [0.717, 1.165) is 24.8 Å². The minimum Gasteiger partial charge on any atom is -0.490 e. The van der Waals surface area contributed by atoms with E-state index >= 15 is 0 Å². The minimum absolute atomic E-state index is 0.0324. The molecule has 0 aliphatic heterocycles. The highest BCUT2D eigenvalue weighted by Gasteiger charge is 2.27. The van der Waals surface area contributed by atoms with Gasteiger partial charge in [0.25, 0.3) is 11.8 Å². The van der Waals surface area contributed by atoms with E-state index in [1.54, 1.807) is 30.1 Å². The summed E-state index contributed by atoms with van der Waals surface area (Å²) in [5.41, 5.74) is 2.72. The fourth-order valence-corrected chi connectivity index (χ4v) is 4.05. The second-order valence-corrected chi connectivity index (χ2v) is 7.98. The van der Waals surface area contributed by atoms with Gasteiger partial charge in [-0.15, -0.1) is 0 Å². The highest BCUT2D eigenvalue weighted by atomic mass is 16.5. The van der Waals surface area contributed by atoms with Crippen LogP contribution in [0.5, 0.6) is 11.5 Å². The third-order valence-corrected chi connectivity index (χ3v) is 5.75. The lowest BCUT2D eigenvalue weighted by molar-refractivity contribution is -0.151. The maximum absolute atomic E-state index is 12.6. The fraction of sp³-hybridized carbons (Fsp3) is 0.423. The molecule has 0 saturated carbocycles. The van der Waals surface area contributed by atoms with E-state index in [4.69, 9.17) is 14.2 Å². The van der Waals surface area contributed by atoms with Gasteiger partial charge in [0.2, 0.25) is 0 Å². The summed E-state index contributed by atoms with van der Waals surface area (Å²) in [7, 11) is 1.73. The average molecular weight is 469 g/mol. The zero-order valence-electron chi connectivity index (χ0n) is 20.0. The van der Waals surface area contributed by atoms with Crippen LogP contribution in [0.15, 0.2) is 42.5 Å². The van der Waals surface area contributed by atoms with Gasteiger partial charge in [-0.1, -0.05) is 24.3 Å². The van der Waals surface area contributed by atoms with Crippen LogP contribution in [0.25, 0.3) is 0 Å². The second kappa shape index (κ2) is 12.1. The number of carbonyl (C=O) groups excluding carboxylic acids is 3. The third-order valence-electron chi connectivity index (χ3n) is 5.75. The van der Waals surface area contributed by atoms with E-state index in [9.17, 15) is 14.4 Å². The van der Waals surface area contributed by atoms with Gasteiger partial charge in [-0.2, -0.15) is 0 Å². The summed E-state index contributed by atoms with van der Waals surface area (Å²) in [5, 5.41) is 2.51. The molecule has 1 aliphatic rings. The van der Waals surface area contributed by atoms with Gasteiger partial charge >= 0.3 is 5.97 Å². The molecule has 0 radical (unpaired) electrons. The molecule has 2 aromatic rings. The van der Waals surface area contributed by atoms with Crippen LogP contribution >= 0.6 is 0 Å². The number of benzene rings is 2. The van der Waals surface area contributed by atoms with E-state index < -0.39 is 11.9 Å². The number of likely N-dealkylation sites (N-methyl/N-ethyl adjacent to an activating group) is 1. The van der Waals surface area contributed by atoms with Crippen molar-refractivity contribution in [3.63, 3.8) is 0 Å². The smallest absolute Gasteiger partial charge is 0.325 e. The third kappa shape index (κ3) is 6.27. The summed E-state index contributed by atoms with van der Waals surface area (Å²) in [6, 6.07) is 12.9. The summed E-state index contributed by atoms with van der Waals surface area (Å²) in [6.07, 6.45) is 2.88. The molecular formula is C26H32N2O6. The SMILES string of the molecule is CCOc1ccc(C(=O)NCC(=O)OCC(=O)N(C)C2CCCc3ccccc32)cc1OCC. The first-order valence-corrected chi connectivity index (χ1v) is 11.6. The number of ether oxygens (including phenoxy) is 3. The van der Waals surface area contributed by atoms with Crippen LogP contribution in [-0.2, 0) is 20.7 Å². The molecule has 34 heavy (non-hydrogen) atoms. The Morgan fingerprint density at radius 1 is 1.03 bits per heavy atom. The number of esters is 1. The van der Waals surface area contributed by atoms with Crippen molar-refractivity contribution in [2.24, 2.45) is 0 Å². The molecule has 0 heterocycles. The Hall–Kier alpha value is -3.55. The van der Waals surface area contributed by atoms with Crippen LogP contribution in [0.4, 0.5) is 0 Å². The molecule has 1 aliphatic carbocycles. The fourth-order valence-electron chi connectivity index (χ4n) is 4.05. The molecule has 0 aromatic heterocycles. The number of hydrogen-bond acceptors (Lipinski definition) is 6. The lowest BCUT2D eigenvalue weighted by Gasteiger charge is -2.33. The first-order chi connectivity index (χ1) is 16.4. The van der Waals surface area contributed by atoms with E-state index in [1.807, 2.05) is 32.0 Å². The summed E-state index contributed by atoms with van der Waals surface area (Å²) < 4.78 is 16.1. The second-order valence-electron chi connectivity index (χ2n) is 7.98. The number of aryl methyl sites for hydroxylation is 1. The Balaban J connectivity index is 1.49. The maximum Gasteiger partial charge on any atom is 0.325 e. The first-order valence-electron chi connectivity index (χ1n) is 11.6. The van der Waals surface area contributed by atoms with Crippen LogP contribution in [0.2, 0.25) is 0 Å². The van der Waals surface area contributed by atoms with Crippen molar-refractivity contribution in [1.82, 2.24) is 10.2 Å². The Labute approximate surface area is 200 Å². The average Bonchev–Trinajstić information content (AvgIpc) is 2.86. The predicted octanol–water partition coefficient (Wildman–Crippen LogP) is 3.29. The number of hydrogen-bond donors (Lipinski definition) is 1. The highest BCUT2D eigenvalue weighted by Crippen LogP contribution is 2.33. The van der Waals surface area contributed by atoms with Gasteiger partial charge in [0.05, 0.1) is 19.3 Å². The monoisotopic (exact) mass is 468 g/mol. The number of nitrogens with zero attached hydrogens (tertiary/aromatic N) is 1. The molecule has 0 bridgehead atoms. The molecule has 1 N–H and O–H groups in total.